The second-order valence-electron chi connectivity index (χ2n) is 4.22. The van der Waals surface area contributed by atoms with E-state index in [9.17, 15) is 14.9 Å². The second kappa shape index (κ2) is 5.59. The highest BCUT2D eigenvalue weighted by atomic mass is 16.6. The molecule has 6 nitrogen and oxygen atoms in total. The Morgan fingerprint density at radius 3 is 2.78 bits per heavy atom. The summed E-state index contributed by atoms with van der Waals surface area (Å²) in [5.41, 5.74) is 0.812. The Morgan fingerprint density at radius 1 is 1.22 bits per heavy atom. The lowest BCUT2D eigenvalue weighted by Crippen LogP contribution is -2.25. The Bertz CT molecular complexity index is 474. The largest absolute Gasteiger partial charge is 0.379 e. The summed E-state index contributed by atoms with van der Waals surface area (Å²) in [6, 6.07) is 4.57. The number of carbonyl (C=O) groups is 1. The predicted molar refractivity (Wildman–Crippen MR) is 68.0 cm³/mol. The molecule has 0 aliphatic carbocycles. The number of carbonyl (C=O) groups excluding carboxylic acids is 1. The van der Waals surface area contributed by atoms with E-state index in [0.717, 1.165) is 19.4 Å². The van der Waals surface area contributed by atoms with Gasteiger partial charge in [0.05, 0.1) is 11.5 Å². The minimum absolute atomic E-state index is 0.0403. The molecule has 0 atom stereocenters. The van der Waals surface area contributed by atoms with E-state index in [0.29, 0.717) is 17.8 Å². The zero-order chi connectivity index (χ0) is 13.0. The average molecular weight is 249 g/mol. The van der Waals surface area contributed by atoms with Crippen molar-refractivity contribution in [2.75, 3.05) is 25.0 Å². The number of anilines is 1. The molecule has 2 N–H and O–H groups in total. The molecule has 2 heterocycles. The molecule has 2 bridgehead atoms. The van der Waals surface area contributed by atoms with Crippen molar-refractivity contribution >= 4 is 17.2 Å². The number of nitrogens with zero attached hydrogens (tertiary/aromatic N) is 1. The number of fused-ring (bicyclic) bond motifs is 9. The van der Waals surface area contributed by atoms with Crippen LogP contribution in [0.2, 0.25) is 0 Å². The third-order valence-corrected chi connectivity index (χ3v) is 2.90. The quantitative estimate of drug-likeness (QED) is 0.583. The summed E-state index contributed by atoms with van der Waals surface area (Å²) in [5.74, 6) is -0.120. The molecule has 0 spiro atoms. The van der Waals surface area contributed by atoms with Crippen molar-refractivity contribution in [3.8, 4) is 0 Å². The van der Waals surface area contributed by atoms with E-state index in [-0.39, 0.29) is 18.0 Å². The smallest absolute Gasteiger partial charge is 0.293 e. The first-order valence-electron chi connectivity index (χ1n) is 5.95. The third kappa shape index (κ3) is 2.84. The van der Waals surface area contributed by atoms with E-state index in [1.807, 2.05) is 0 Å². The van der Waals surface area contributed by atoms with Gasteiger partial charge in [-0.05, 0) is 31.5 Å². The van der Waals surface area contributed by atoms with Gasteiger partial charge in [0.1, 0.15) is 5.69 Å². The SMILES string of the molecule is O=C1CNCCCCNc2ccc1cc2[N+](=O)[O-]. The van der Waals surface area contributed by atoms with E-state index in [1.165, 1.54) is 6.07 Å². The highest BCUT2D eigenvalue weighted by Gasteiger charge is 2.17. The van der Waals surface area contributed by atoms with Crippen molar-refractivity contribution < 1.29 is 9.72 Å². The normalized spacial score (nSPS) is 16.6. The molecular weight excluding hydrogens is 234 g/mol. The van der Waals surface area contributed by atoms with Crippen molar-refractivity contribution in [1.82, 2.24) is 5.32 Å². The molecule has 3 rings (SSSR count). The average Bonchev–Trinajstić information content (AvgIpc) is 2.35. The molecule has 2 aliphatic rings. The van der Waals surface area contributed by atoms with Crippen LogP contribution in [0.25, 0.3) is 0 Å². The van der Waals surface area contributed by atoms with Crippen molar-refractivity contribution in [3.05, 3.63) is 33.9 Å². The summed E-state index contributed by atoms with van der Waals surface area (Å²) in [7, 11) is 0. The van der Waals surface area contributed by atoms with Crippen molar-refractivity contribution in [3.63, 3.8) is 0 Å². The number of nitro groups is 1. The van der Waals surface area contributed by atoms with Crippen LogP contribution in [0.3, 0.4) is 0 Å². The van der Waals surface area contributed by atoms with Crippen LogP contribution < -0.4 is 10.6 Å². The summed E-state index contributed by atoms with van der Waals surface area (Å²) in [4.78, 5) is 22.3. The fourth-order valence-corrected chi connectivity index (χ4v) is 1.91. The van der Waals surface area contributed by atoms with E-state index in [4.69, 9.17) is 0 Å². The Kier molecular flexibility index (Phi) is 3.88. The molecule has 0 saturated carbocycles. The first-order valence-corrected chi connectivity index (χ1v) is 5.95. The standard InChI is InChI=1S/C12H15N3O3/c16-12-8-13-5-1-2-6-14-10-4-3-9(12)7-11(10)15(17)18/h3-4,7,13-14H,1-2,5-6,8H2. The minimum atomic E-state index is -0.460. The molecule has 2 aliphatic heterocycles. The van der Waals surface area contributed by atoms with Crippen LogP contribution in [0.1, 0.15) is 23.2 Å². The summed E-state index contributed by atoms with van der Waals surface area (Å²) in [6.07, 6.45) is 1.84. The van der Waals surface area contributed by atoms with Crippen LogP contribution in [-0.2, 0) is 0 Å². The van der Waals surface area contributed by atoms with E-state index in [2.05, 4.69) is 10.6 Å². The van der Waals surface area contributed by atoms with E-state index in [1.54, 1.807) is 12.1 Å². The monoisotopic (exact) mass is 249 g/mol. The highest BCUT2D eigenvalue weighted by molar-refractivity contribution is 5.98. The van der Waals surface area contributed by atoms with Gasteiger partial charge in [0.25, 0.3) is 5.69 Å². The van der Waals surface area contributed by atoms with Crippen molar-refractivity contribution in [2.45, 2.75) is 12.8 Å². The Labute approximate surface area is 105 Å². The van der Waals surface area contributed by atoms with Crippen molar-refractivity contribution in [1.29, 1.82) is 0 Å². The van der Waals surface area contributed by atoms with Gasteiger partial charge in [0, 0.05) is 18.2 Å². The van der Waals surface area contributed by atoms with E-state index >= 15 is 0 Å². The van der Waals surface area contributed by atoms with Crippen LogP contribution in [0.5, 0.6) is 0 Å². The van der Waals surface area contributed by atoms with Crippen LogP contribution in [0, 0.1) is 10.1 Å². The minimum Gasteiger partial charge on any atom is -0.379 e. The molecule has 0 unspecified atom stereocenters. The zero-order valence-electron chi connectivity index (χ0n) is 9.94. The Morgan fingerprint density at radius 2 is 2.00 bits per heavy atom. The second-order valence-corrected chi connectivity index (χ2v) is 4.22. The van der Waals surface area contributed by atoms with Crippen LogP contribution in [0.4, 0.5) is 11.4 Å². The molecule has 1 aromatic carbocycles. The molecule has 1 aromatic rings. The van der Waals surface area contributed by atoms with Crippen LogP contribution >= 0.6 is 0 Å². The summed E-state index contributed by atoms with van der Waals surface area (Å²) >= 11 is 0. The number of ketones is 1. The van der Waals surface area contributed by atoms with Gasteiger partial charge in [-0.1, -0.05) is 0 Å². The van der Waals surface area contributed by atoms with Gasteiger partial charge in [0.15, 0.2) is 5.78 Å². The lowest BCUT2D eigenvalue weighted by Gasteiger charge is -2.11. The summed E-state index contributed by atoms with van der Waals surface area (Å²) < 4.78 is 0. The molecule has 0 amide bonds. The fraction of sp³-hybridized carbons (Fsp3) is 0.417. The van der Waals surface area contributed by atoms with Crippen LogP contribution in [0.15, 0.2) is 18.2 Å². The topological polar surface area (TPSA) is 84.3 Å². The molecule has 96 valence electrons. The predicted octanol–water partition coefficient (Wildman–Crippen LogP) is 1.57. The molecule has 18 heavy (non-hydrogen) atoms. The number of benzene rings is 1. The van der Waals surface area contributed by atoms with Gasteiger partial charge >= 0.3 is 0 Å². The molecule has 0 saturated heterocycles. The number of hydrogen-bond acceptors (Lipinski definition) is 5. The molecular formula is C12H15N3O3. The maximum absolute atomic E-state index is 11.8. The summed E-state index contributed by atoms with van der Waals surface area (Å²) in [6.45, 7) is 1.70. The van der Waals surface area contributed by atoms with Gasteiger partial charge < -0.3 is 10.6 Å². The number of nitrogens with one attached hydrogen (secondary N) is 2. The third-order valence-electron chi connectivity index (χ3n) is 2.90. The number of rotatable bonds is 1. The maximum atomic E-state index is 11.8. The Balaban J connectivity index is 2.36. The van der Waals surface area contributed by atoms with Gasteiger partial charge in [-0.2, -0.15) is 0 Å². The lowest BCUT2D eigenvalue weighted by atomic mass is 10.1. The Hall–Kier alpha value is -1.95. The molecule has 0 aromatic heterocycles. The number of hydrogen-bond donors (Lipinski definition) is 2. The number of nitro benzene ring substituents is 1. The van der Waals surface area contributed by atoms with Crippen LogP contribution in [-0.4, -0.2) is 30.3 Å². The first kappa shape index (κ1) is 12.5. The number of Topliss-reactive ketones (excluding diaryl/α,β-unsaturated/α-hetero) is 1. The zero-order valence-corrected chi connectivity index (χ0v) is 9.94. The van der Waals surface area contributed by atoms with E-state index < -0.39 is 4.92 Å². The van der Waals surface area contributed by atoms with Gasteiger partial charge in [-0.3, -0.25) is 14.9 Å². The molecule has 0 fully saturated rings. The molecule has 0 radical (unpaired) electrons. The van der Waals surface area contributed by atoms with Crippen molar-refractivity contribution in [2.24, 2.45) is 0 Å². The molecule has 6 heteroatoms. The van der Waals surface area contributed by atoms with Gasteiger partial charge in [-0.15, -0.1) is 0 Å². The van der Waals surface area contributed by atoms with Gasteiger partial charge in [0.2, 0.25) is 0 Å². The summed E-state index contributed by atoms with van der Waals surface area (Å²) in [5, 5.41) is 17.0. The fourth-order valence-electron chi connectivity index (χ4n) is 1.91. The lowest BCUT2D eigenvalue weighted by molar-refractivity contribution is -0.384. The first-order chi connectivity index (χ1) is 8.68. The highest BCUT2D eigenvalue weighted by Crippen LogP contribution is 2.25. The maximum Gasteiger partial charge on any atom is 0.293 e. The van der Waals surface area contributed by atoms with Gasteiger partial charge in [-0.25, -0.2) is 0 Å².